The molecule has 1 heterocycles. The van der Waals surface area contributed by atoms with Gasteiger partial charge in [0.1, 0.15) is 5.76 Å². The molecule has 4 fully saturated rings. The zero-order valence-corrected chi connectivity index (χ0v) is 23.5. The number of fused-ring (bicyclic) bond motifs is 1. The molecule has 4 bridgehead atoms. The number of allylic oxidation sites excluding steroid dienone is 5. The predicted octanol–water partition coefficient (Wildman–Crippen LogP) is 7.50. The highest BCUT2D eigenvalue weighted by Crippen LogP contribution is 2.61. The van der Waals surface area contributed by atoms with Gasteiger partial charge in [0.05, 0.1) is 6.54 Å². The van der Waals surface area contributed by atoms with E-state index in [2.05, 4.69) is 62.1 Å². The zero-order chi connectivity index (χ0) is 23.4. The van der Waals surface area contributed by atoms with Crippen molar-refractivity contribution in [2.24, 2.45) is 34.6 Å². The molecular weight excluding hydrogens is 552 g/mol. The molecule has 5 heteroatoms. The normalized spacial score (nSPS) is 40.1. The van der Waals surface area contributed by atoms with Crippen molar-refractivity contribution in [2.75, 3.05) is 19.6 Å². The maximum absolute atomic E-state index is 11.5. The van der Waals surface area contributed by atoms with Crippen LogP contribution in [0.2, 0.25) is 0 Å². The Kier molecular flexibility index (Phi) is 6.75. The zero-order valence-electron chi connectivity index (χ0n) is 20.4. The lowest BCUT2D eigenvalue weighted by Crippen LogP contribution is -2.44. The van der Waals surface area contributed by atoms with E-state index in [9.17, 15) is 5.11 Å². The maximum Gasteiger partial charge on any atom is 0.104 e. The molecule has 3 nitrogen and oxygen atoms in total. The fraction of sp³-hybridized carbons (Fsp3) is 0.690. The molecule has 8 rings (SSSR count). The highest BCUT2D eigenvalue weighted by Gasteiger charge is 2.49. The van der Waals surface area contributed by atoms with Crippen molar-refractivity contribution in [2.45, 2.75) is 75.6 Å². The Bertz CT molecular complexity index is 978. The number of aliphatic imine (C=N–C) groups is 1. The van der Waals surface area contributed by atoms with Crippen LogP contribution in [0.5, 0.6) is 0 Å². The van der Waals surface area contributed by atoms with Crippen LogP contribution >= 0.6 is 31.9 Å². The molecule has 1 aliphatic heterocycles. The van der Waals surface area contributed by atoms with Gasteiger partial charge in [0.15, 0.2) is 0 Å². The topological polar surface area (TPSA) is 35.8 Å². The van der Waals surface area contributed by atoms with Crippen molar-refractivity contribution in [1.29, 1.82) is 0 Å². The van der Waals surface area contributed by atoms with Gasteiger partial charge in [-0.05, 0) is 93.5 Å². The molecule has 0 amide bonds. The summed E-state index contributed by atoms with van der Waals surface area (Å²) in [5.74, 6) is 3.97. The average molecular weight is 590 g/mol. The molecule has 1 N–H and O–H groups in total. The SMILES string of the molecule is CC1=CC(CN2CCCC2CN=CC2C=C(Br)CC(Br)C2)=C(O)C(C2=C3C4CC(C2)CC3C4)C1. The molecule has 7 aliphatic carbocycles. The molecule has 184 valence electrons. The summed E-state index contributed by atoms with van der Waals surface area (Å²) in [6.45, 7) is 5.13. The molecule has 34 heavy (non-hydrogen) atoms. The monoisotopic (exact) mass is 588 g/mol. The van der Waals surface area contributed by atoms with Gasteiger partial charge in [0, 0.05) is 41.0 Å². The fourth-order valence-electron chi connectivity index (χ4n) is 7.98. The maximum atomic E-state index is 11.5. The second-order valence-electron chi connectivity index (χ2n) is 11.9. The summed E-state index contributed by atoms with van der Waals surface area (Å²) in [5, 5.41) is 11.5. The van der Waals surface area contributed by atoms with Gasteiger partial charge in [-0.2, -0.15) is 0 Å². The standard InChI is InChI=1S/C29H38Br2N2O/c1-17-5-22(29(34)27(6-17)26-11-18-7-20-12-21(8-18)28(20)26)16-33-4-2-3-25(33)15-32-14-19-9-23(30)13-24(31)10-19/h5,9,14,18-21,24-25,27,34H,2-4,6-8,10-13,15-16H2,1H3. The van der Waals surface area contributed by atoms with Crippen molar-refractivity contribution in [3.63, 3.8) is 0 Å². The lowest BCUT2D eigenvalue weighted by Gasteiger charge is -2.55. The fourth-order valence-corrected chi connectivity index (χ4v) is 9.92. The van der Waals surface area contributed by atoms with E-state index in [-0.39, 0.29) is 5.92 Å². The smallest absolute Gasteiger partial charge is 0.104 e. The first kappa shape index (κ1) is 23.7. The van der Waals surface area contributed by atoms with E-state index in [4.69, 9.17) is 4.99 Å². The molecule has 0 radical (unpaired) electrons. The number of likely N-dealkylation sites (tertiary alicyclic amines) is 1. The van der Waals surface area contributed by atoms with Crippen molar-refractivity contribution >= 4 is 38.1 Å². The largest absolute Gasteiger partial charge is 0.511 e. The Morgan fingerprint density at radius 1 is 1.15 bits per heavy atom. The van der Waals surface area contributed by atoms with Crippen LogP contribution in [0, 0.1) is 29.6 Å². The van der Waals surface area contributed by atoms with Crippen LogP contribution in [0.4, 0.5) is 0 Å². The quantitative estimate of drug-likeness (QED) is 0.198. The van der Waals surface area contributed by atoms with Crippen LogP contribution in [0.3, 0.4) is 0 Å². The molecule has 1 saturated heterocycles. The van der Waals surface area contributed by atoms with Gasteiger partial charge in [-0.25, -0.2) is 0 Å². The van der Waals surface area contributed by atoms with E-state index in [1.165, 1.54) is 54.2 Å². The number of hydrogen-bond donors (Lipinski definition) is 1. The number of hydrogen-bond acceptors (Lipinski definition) is 3. The number of halogens is 2. The Morgan fingerprint density at radius 2 is 1.97 bits per heavy atom. The predicted molar refractivity (Wildman–Crippen MR) is 148 cm³/mol. The molecule has 6 atom stereocenters. The summed E-state index contributed by atoms with van der Waals surface area (Å²) in [6.07, 6.45) is 18.0. The average Bonchev–Trinajstić information content (AvgIpc) is 3.22. The van der Waals surface area contributed by atoms with Gasteiger partial charge in [0.2, 0.25) is 0 Å². The summed E-state index contributed by atoms with van der Waals surface area (Å²) in [7, 11) is 0. The van der Waals surface area contributed by atoms with E-state index in [1.807, 2.05) is 0 Å². The molecular formula is C29H38Br2N2O. The summed E-state index contributed by atoms with van der Waals surface area (Å²) in [4.78, 5) is 8.02. The second-order valence-corrected chi connectivity index (χ2v) is 14.2. The Morgan fingerprint density at radius 3 is 2.74 bits per heavy atom. The van der Waals surface area contributed by atoms with Crippen LogP contribution < -0.4 is 0 Å². The van der Waals surface area contributed by atoms with E-state index >= 15 is 0 Å². The molecule has 6 unspecified atom stereocenters. The number of aliphatic hydroxyl groups excluding tert-OH is 1. The van der Waals surface area contributed by atoms with Gasteiger partial charge in [0.25, 0.3) is 0 Å². The van der Waals surface area contributed by atoms with Gasteiger partial charge in [-0.3, -0.25) is 9.89 Å². The molecule has 8 aliphatic rings. The summed E-state index contributed by atoms with van der Waals surface area (Å²) in [5.41, 5.74) is 6.03. The van der Waals surface area contributed by atoms with Crippen LogP contribution in [-0.2, 0) is 0 Å². The van der Waals surface area contributed by atoms with Crippen molar-refractivity contribution < 1.29 is 5.11 Å². The van der Waals surface area contributed by atoms with Gasteiger partial charge < -0.3 is 5.11 Å². The summed E-state index contributed by atoms with van der Waals surface area (Å²) in [6, 6.07) is 0.488. The third-order valence-electron chi connectivity index (χ3n) is 9.42. The molecule has 0 aromatic carbocycles. The van der Waals surface area contributed by atoms with Gasteiger partial charge >= 0.3 is 0 Å². The van der Waals surface area contributed by atoms with Gasteiger partial charge in [-0.15, -0.1) is 0 Å². The number of alkyl halides is 1. The summed E-state index contributed by atoms with van der Waals surface area (Å²) >= 11 is 7.45. The highest BCUT2D eigenvalue weighted by atomic mass is 79.9. The van der Waals surface area contributed by atoms with E-state index in [1.54, 1.807) is 11.1 Å². The minimum absolute atomic E-state index is 0.260. The number of nitrogens with zero attached hydrogens (tertiary/aromatic N) is 2. The van der Waals surface area contributed by atoms with E-state index in [0.29, 0.717) is 22.5 Å². The minimum Gasteiger partial charge on any atom is -0.511 e. The summed E-state index contributed by atoms with van der Waals surface area (Å²) < 4.78 is 1.29. The van der Waals surface area contributed by atoms with Crippen molar-refractivity contribution in [3.8, 4) is 0 Å². The van der Waals surface area contributed by atoms with E-state index in [0.717, 1.165) is 56.7 Å². The first-order valence-corrected chi connectivity index (χ1v) is 15.2. The molecule has 0 spiro atoms. The molecule has 3 saturated carbocycles. The van der Waals surface area contributed by atoms with Crippen molar-refractivity contribution in [3.05, 3.63) is 44.7 Å². The van der Waals surface area contributed by atoms with Crippen LogP contribution in [-0.4, -0.2) is 46.7 Å². The lowest BCUT2D eigenvalue weighted by atomic mass is 9.50. The van der Waals surface area contributed by atoms with Crippen LogP contribution in [0.1, 0.15) is 64.7 Å². The Labute approximate surface area is 221 Å². The lowest BCUT2D eigenvalue weighted by molar-refractivity contribution is 0.114. The van der Waals surface area contributed by atoms with Crippen LogP contribution in [0.15, 0.2) is 49.7 Å². The second kappa shape index (κ2) is 9.67. The first-order valence-electron chi connectivity index (χ1n) is 13.5. The Hall–Kier alpha value is -0.650. The van der Waals surface area contributed by atoms with Gasteiger partial charge in [-0.1, -0.05) is 60.7 Å². The third-order valence-corrected chi connectivity index (χ3v) is 10.7. The number of aliphatic hydroxyl groups is 1. The highest BCUT2D eigenvalue weighted by molar-refractivity contribution is 9.12. The third kappa shape index (κ3) is 4.59. The number of rotatable bonds is 6. The minimum atomic E-state index is 0.260. The molecule has 0 aromatic rings. The first-order chi connectivity index (χ1) is 16.4. The van der Waals surface area contributed by atoms with Crippen LogP contribution in [0.25, 0.3) is 0 Å². The van der Waals surface area contributed by atoms with Crippen molar-refractivity contribution in [1.82, 2.24) is 4.90 Å². The van der Waals surface area contributed by atoms with E-state index < -0.39 is 0 Å². The Balaban J connectivity index is 1.14. The molecule has 0 aromatic heterocycles.